The standard InChI is InChI=1S/C13H19F3N4OS2/c1-2-6-22-12-18-11(23-19-12)17-10(21)8-20-5-3-4-9(7-20)13(14,15)16/h9H,2-8H2,1H3,(H,17,18,19,21)/t9-/m0/s1. The second kappa shape index (κ2) is 8.29. The van der Waals surface area contributed by atoms with Crippen LogP contribution in [-0.2, 0) is 4.79 Å². The Hall–Kier alpha value is -0.870. The Bertz CT molecular complexity index is 524. The van der Waals surface area contributed by atoms with Gasteiger partial charge in [-0.1, -0.05) is 18.7 Å². The Labute approximate surface area is 141 Å². The number of nitrogens with zero attached hydrogens (tertiary/aromatic N) is 3. The van der Waals surface area contributed by atoms with Gasteiger partial charge in [-0.2, -0.15) is 22.5 Å². The second-order valence-electron chi connectivity index (χ2n) is 5.39. The van der Waals surface area contributed by atoms with Crippen molar-refractivity contribution in [3.63, 3.8) is 0 Å². The maximum Gasteiger partial charge on any atom is 0.393 e. The Balaban J connectivity index is 1.81. The van der Waals surface area contributed by atoms with Crippen LogP contribution in [0, 0.1) is 5.92 Å². The Morgan fingerprint density at radius 3 is 3.00 bits per heavy atom. The lowest BCUT2D eigenvalue weighted by molar-refractivity contribution is -0.186. The topological polar surface area (TPSA) is 58.1 Å². The summed E-state index contributed by atoms with van der Waals surface area (Å²) < 4.78 is 42.4. The van der Waals surface area contributed by atoms with Crippen LogP contribution in [0.15, 0.2) is 5.16 Å². The highest BCUT2D eigenvalue weighted by Crippen LogP contribution is 2.33. The van der Waals surface area contributed by atoms with Gasteiger partial charge in [0.25, 0.3) is 0 Å². The number of hydrogen-bond acceptors (Lipinski definition) is 6. The molecule has 1 N–H and O–H groups in total. The van der Waals surface area contributed by atoms with Gasteiger partial charge in [-0.05, 0) is 25.8 Å². The van der Waals surface area contributed by atoms with Crippen LogP contribution in [-0.4, -0.2) is 51.7 Å². The number of halogens is 3. The van der Waals surface area contributed by atoms with Gasteiger partial charge < -0.3 is 0 Å². The smallest absolute Gasteiger partial charge is 0.300 e. The van der Waals surface area contributed by atoms with E-state index in [1.807, 2.05) is 0 Å². The fraction of sp³-hybridized carbons (Fsp3) is 0.769. The summed E-state index contributed by atoms with van der Waals surface area (Å²) in [5.74, 6) is -0.796. The molecule has 0 saturated carbocycles. The van der Waals surface area contributed by atoms with Crippen LogP contribution in [0.5, 0.6) is 0 Å². The van der Waals surface area contributed by atoms with Crippen LogP contribution in [0.3, 0.4) is 0 Å². The molecule has 1 saturated heterocycles. The first-order chi connectivity index (χ1) is 10.9. The quantitative estimate of drug-likeness (QED) is 0.781. The largest absolute Gasteiger partial charge is 0.393 e. The molecule has 10 heteroatoms. The molecule has 1 amide bonds. The summed E-state index contributed by atoms with van der Waals surface area (Å²) in [6, 6.07) is 0. The monoisotopic (exact) mass is 368 g/mol. The number of carbonyl (C=O) groups excluding carboxylic acids is 1. The van der Waals surface area contributed by atoms with Gasteiger partial charge in [-0.3, -0.25) is 15.0 Å². The summed E-state index contributed by atoms with van der Waals surface area (Å²) in [5, 5.41) is 3.61. The molecule has 1 aromatic rings. The molecule has 1 atom stereocenters. The average molecular weight is 368 g/mol. The van der Waals surface area contributed by atoms with E-state index < -0.39 is 12.1 Å². The van der Waals surface area contributed by atoms with E-state index in [1.165, 1.54) is 11.8 Å². The molecule has 130 valence electrons. The number of alkyl halides is 3. The van der Waals surface area contributed by atoms with E-state index in [0.717, 1.165) is 23.7 Å². The molecular formula is C13H19F3N4OS2. The van der Waals surface area contributed by atoms with Crippen LogP contribution in [0.1, 0.15) is 26.2 Å². The number of thioether (sulfide) groups is 1. The lowest BCUT2D eigenvalue weighted by atomic mass is 9.97. The van der Waals surface area contributed by atoms with Crippen molar-refractivity contribution in [2.75, 3.05) is 30.7 Å². The molecule has 0 aliphatic carbocycles. The van der Waals surface area contributed by atoms with Gasteiger partial charge in [0, 0.05) is 23.8 Å². The molecule has 1 aliphatic rings. The lowest BCUT2D eigenvalue weighted by Gasteiger charge is -2.33. The Kier molecular flexibility index (Phi) is 6.66. The highest BCUT2D eigenvalue weighted by atomic mass is 32.2. The van der Waals surface area contributed by atoms with Gasteiger partial charge in [0.2, 0.25) is 16.2 Å². The zero-order chi connectivity index (χ0) is 16.9. The first-order valence-electron chi connectivity index (χ1n) is 7.44. The fourth-order valence-corrected chi connectivity index (χ4v) is 3.76. The molecule has 0 radical (unpaired) electrons. The minimum absolute atomic E-state index is 0.0520. The van der Waals surface area contributed by atoms with Gasteiger partial charge >= 0.3 is 6.18 Å². The van der Waals surface area contributed by atoms with Gasteiger partial charge in [-0.15, -0.1) is 0 Å². The minimum atomic E-state index is -4.19. The summed E-state index contributed by atoms with van der Waals surface area (Å²) >= 11 is 2.59. The number of carbonyl (C=O) groups is 1. The number of rotatable bonds is 6. The predicted molar refractivity (Wildman–Crippen MR) is 84.8 cm³/mol. The molecule has 0 spiro atoms. The molecule has 1 fully saturated rings. The molecular weight excluding hydrogens is 349 g/mol. The van der Waals surface area contributed by atoms with Crippen molar-refractivity contribution in [3.05, 3.63) is 0 Å². The van der Waals surface area contributed by atoms with Gasteiger partial charge in [-0.25, -0.2) is 0 Å². The predicted octanol–water partition coefficient (Wildman–Crippen LogP) is 3.25. The maximum atomic E-state index is 12.8. The highest BCUT2D eigenvalue weighted by Gasteiger charge is 2.41. The maximum absolute atomic E-state index is 12.8. The first kappa shape index (κ1) is 18.5. The number of hydrogen-bond donors (Lipinski definition) is 1. The molecule has 1 aliphatic heterocycles. The Morgan fingerprint density at radius 1 is 1.52 bits per heavy atom. The van der Waals surface area contributed by atoms with Crippen LogP contribution < -0.4 is 5.32 Å². The SMILES string of the molecule is CCCSc1nsc(NC(=O)CN2CCC[C@H](C(F)(F)F)C2)n1. The van der Waals surface area contributed by atoms with Crippen molar-refractivity contribution in [1.29, 1.82) is 0 Å². The summed E-state index contributed by atoms with van der Waals surface area (Å²) in [6.07, 6.45) is -2.61. The molecule has 0 bridgehead atoms. The van der Waals surface area contributed by atoms with Crippen molar-refractivity contribution in [1.82, 2.24) is 14.3 Å². The van der Waals surface area contributed by atoms with E-state index in [1.54, 1.807) is 4.90 Å². The van der Waals surface area contributed by atoms with Gasteiger partial charge in [0.1, 0.15) is 0 Å². The third kappa shape index (κ3) is 5.92. The molecule has 2 heterocycles. The Morgan fingerprint density at radius 2 is 2.30 bits per heavy atom. The van der Waals surface area contributed by atoms with Crippen LogP contribution in [0.25, 0.3) is 0 Å². The van der Waals surface area contributed by atoms with E-state index in [-0.39, 0.29) is 25.4 Å². The summed E-state index contributed by atoms with van der Waals surface area (Å²) in [7, 11) is 0. The van der Waals surface area contributed by atoms with Gasteiger partial charge in [0.15, 0.2) is 0 Å². The summed E-state index contributed by atoms with van der Waals surface area (Å²) in [6.45, 7) is 2.39. The normalized spacial score (nSPS) is 19.7. The summed E-state index contributed by atoms with van der Waals surface area (Å²) in [5.41, 5.74) is 0. The number of aromatic nitrogens is 2. The molecule has 1 aromatic heterocycles. The number of likely N-dealkylation sites (tertiary alicyclic amines) is 1. The fourth-order valence-electron chi connectivity index (χ4n) is 2.34. The van der Waals surface area contributed by atoms with E-state index in [2.05, 4.69) is 21.6 Å². The molecule has 0 aromatic carbocycles. The van der Waals surface area contributed by atoms with Crippen molar-refractivity contribution in [3.8, 4) is 0 Å². The van der Waals surface area contributed by atoms with Crippen molar-refractivity contribution >= 4 is 34.3 Å². The number of nitrogens with one attached hydrogen (secondary N) is 1. The second-order valence-corrected chi connectivity index (χ2v) is 7.21. The first-order valence-corrected chi connectivity index (χ1v) is 9.19. The number of amides is 1. The van der Waals surface area contributed by atoms with Crippen LogP contribution >= 0.6 is 23.3 Å². The zero-order valence-electron chi connectivity index (χ0n) is 12.7. The summed E-state index contributed by atoms with van der Waals surface area (Å²) in [4.78, 5) is 17.7. The average Bonchev–Trinajstić information content (AvgIpc) is 2.91. The third-order valence-corrected chi connectivity index (χ3v) is 5.22. The van der Waals surface area contributed by atoms with Crippen molar-refractivity contribution in [2.24, 2.45) is 5.92 Å². The van der Waals surface area contributed by atoms with E-state index in [4.69, 9.17) is 0 Å². The van der Waals surface area contributed by atoms with E-state index in [9.17, 15) is 18.0 Å². The molecule has 0 unspecified atom stereocenters. The van der Waals surface area contributed by atoms with E-state index >= 15 is 0 Å². The molecule has 23 heavy (non-hydrogen) atoms. The molecule has 5 nitrogen and oxygen atoms in total. The van der Waals surface area contributed by atoms with Crippen LogP contribution in [0.4, 0.5) is 18.3 Å². The molecule has 2 rings (SSSR count). The third-order valence-electron chi connectivity index (χ3n) is 3.42. The highest BCUT2D eigenvalue weighted by molar-refractivity contribution is 7.99. The van der Waals surface area contributed by atoms with Gasteiger partial charge in [0.05, 0.1) is 12.5 Å². The van der Waals surface area contributed by atoms with E-state index in [0.29, 0.717) is 23.3 Å². The van der Waals surface area contributed by atoms with Crippen LogP contribution in [0.2, 0.25) is 0 Å². The zero-order valence-corrected chi connectivity index (χ0v) is 14.4. The van der Waals surface area contributed by atoms with Crippen molar-refractivity contribution < 1.29 is 18.0 Å². The minimum Gasteiger partial charge on any atom is -0.300 e. The number of anilines is 1. The lowest BCUT2D eigenvalue weighted by Crippen LogP contribution is -2.44. The number of piperidine rings is 1. The van der Waals surface area contributed by atoms with Crippen molar-refractivity contribution in [2.45, 2.75) is 37.5 Å².